The highest BCUT2D eigenvalue weighted by atomic mass is 16.4. The van der Waals surface area contributed by atoms with Crippen molar-refractivity contribution in [2.75, 3.05) is 19.7 Å². The Labute approximate surface area is 117 Å². The van der Waals surface area contributed by atoms with Crippen LogP contribution in [0.25, 0.3) is 0 Å². The molecule has 0 radical (unpaired) electrons. The number of nitrogens with one attached hydrogen (secondary N) is 1. The van der Waals surface area contributed by atoms with Gasteiger partial charge in [-0.1, -0.05) is 12.8 Å². The van der Waals surface area contributed by atoms with Gasteiger partial charge >= 0.3 is 12.0 Å². The summed E-state index contributed by atoms with van der Waals surface area (Å²) in [4.78, 5) is 24.3. The van der Waals surface area contributed by atoms with E-state index in [2.05, 4.69) is 5.32 Å². The lowest BCUT2D eigenvalue weighted by atomic mass is 9.71. The van der Waals surface area contributed by atoms with Gasteiger partial charge < -0.3 is 25.5 Å². The Bertz CT molecular complexity index is 389. The predicted molar refractivity (Wildman–Crippen MR) is 70.1 cm³/mol. The third kappa shape index (κ3) is 3.04. The third-order valence-electron chi connectivity index (χ3n) is 4.49. The van der Waals surface area contributed by atoms with Gasteiger partial charge in [0.25, 0.3) is 0 Å². The molecule has 0 aromatic heterocycles. The largest absolute Gasteiger partial charge is 0.480 e. The van der Waals surface area contributed by atoms with Gasteiger partial charge in [0.2, 0.25) is 0 Å². The number of rotatable bonds is 3. The predicted octanol–water partition coefficient (Wildman–Crippen LogP) is -0.231. The van der Waals surface area contributed by atoms with Crippen molar-refractivity contribution in [3.8, 4) is 0 Å². The van der Waals surface area contributed by atoms with Crippen molar-refractivity contribution in [2.45, 2.75) is 43.7 Å². The van der Waals surface area contributed by atoms with Crippen LogP contribution < -0.4 is 5.32 Å². The minimum atomic E-state index is -1.28. The summed E-state index contributed by atoms with van der Waals surface area (Å²) in [6, 6.07) is -1.77. The van der Waals surface area contributed by atoms with E-state index in [1.165, 1.54) is 4.90 Å². The van der Waals surface area contributed by atoms with Crippen molar-refractivity contribution in [2.24, 2.45) is 5.92 Å². The number of amides is 2. The third-order valence-corrected chi connectivity index (χ3v) is 4.49. The standard InChI is InChI=1S/C13H22N2O5/c16-8-10(11(17)18)14-12(19)15-6-5-13(20)4-2-1-3-9(13)7-15/h9-10,16,20H,1-8H2,(H,14,19)(H,17,18)/t9?,10-,13?/m1/s1. The number of nitrogens with zero attached hydrogens (tertiary/aromatic N) is 1. The molecule has 0 spiro atoms. The maximum absolute atomic E-state index is 12.0. The van der Waals surface area contributed by atoms with E-state index in [0.29, 0.717) is 19.5 Å². The minimum absolute atomic E-state index is 0.0631. The van der Waals surface area contributed by atoms with Crippen LogP contribution in [0, 0.1) is 5.92 Å². The maximum Gasteiger partial charge on any atom is 0.328 e. The molecule has 7 nitrogen and oxygen atoms in total. The molecule has 1 aliphatic carbocycles. The Morgan fingerprint density at radius 3 is 2.75 bits per heavy atom. The molecule has 2 amide bonds. The molecule has 114 valence electrons. The summed E-state index contributed by atoms with van der Waals surface area (Å²) in [6.45, 7) is 0.221. The van der Waals surface area contributed by atoms with Gasteiger partial charge in [-0.15, -0.1) is 0 Å². The SMILES string of the molecule is O=C(O)[C@@H](CO)NC(=O)N1CCC2(O)CCCCC2C1. The molecule has 2 aliphatic rings. The zero-order valence-electron chi connectivity index (χ0n) is 11.4. The molecule has 3 atom stereocenters. The number of fused-ring (bicyclic) bond motifs is 1. The topological polar surface area (TPSA) is 110 Å². The number of aliphatic carboxylic acids is 1. The van der Waals surface area contributed by atoms with E-state index in [1.54, 1.807) is 0 Å². The summed E-state index contributed by atoms with van der Waals surface area (Å²) in [7, 11) is 0. The van der Waals surface area contributed by atoms with Crippen molar-refractivity contribution in [3.05, 3.63) is 0 Å². The van der Waals surface area contributed by atoms with E-state index in [0.717, 1.165) is 25.7 Å². The Hall–Kier alpha value is -1.34. The fourth-order valence-electron chi connectivity index (χ4n) is 3.18. The van der Waals surface area contributed by atoms with E-state index in [9.17, 15) is 14.7 Å². The van der Waals surface area contributed by atoms with Gasteiger partial charge in [0, 0.05) is 19.0 Å². The number of hydrogen-bond donors (Lipinski definition) is 4. The molecule has 0 aromatic carbocycles. The zero-order valence-corrected chi connectivity index (χ0v) is 11.4. The van der Waals surface area contributed by atoms with Crippen LogP contribution in [0.5, 0.6) is 0 Å². The lowest BCUT2D eigenvalue weighted by molar-refractivity contribution is -0.140. The van der Waals surface area contributed by atoms with Crippen molar-refractivity contribution >= 4 is 12.0 Å². The molecule has 7 heteroatoms. The normalized spacial score (nSPS) is 31.3. The van der Waals surface area contributed by atoms with Gasteiger partial charge in [-0.3, -0.25) is 0 Å². The molecule has 2 fully saturated rings. The van der Waals surface area contributed by atoms with Crippen LogP contribution in [0.3, 0.4) is 0 Å². The first-order valence-electron chi connectivity index (χ1n) is 7.08. The first kappa shape index (κ1) is 15.1. The van der Waals surface area contributed by atoms with Crippen molar-refractivity contribution in [1.82, 2.24) is 10.2 Å². The second kappa shape index (κ2) is 5.97. The summed E-state index contributed by atoms with van der Waals surface area (Å²) < 4.78 is 0. The number of likely N-dealkylation sites (tertiary alicyclic amines) is 1. The molecule has 1 saturated heterocycles. The molecule has 1 heterocycles. The average Bonchev–Trinajstić information content (AvgIpc) is 2.43. The van der Waals surface area contributed by atoms with Gasteiger partial charge in [0.05, 0.1) is 12.2 Å². The van der Waals surface area contributed by atoms with Crippen LogP contribution in [0.4, 0.5) is 4.79 Å². The smallest absolute Gasteiger partial charge is 0.328 e. The number of aliphatic hydroxyl groups excluding tert-OH is 1. The lowest BCUT2D eigenvalue weighted by Crippen LogP contribution is -2.58. The molecule has 0 aromatic rings. The summed E-state index contributed by atoms with van der Waals surface area (Å²) in [5.74, 6) is -1.19. The highest BCUT2D eigenvalue weighted by Gasteiger charge is 2.44. The Morgan fingerprint density at radius 2 is 2.10 bits per heavy atom. The number of hydrogen-bond acceptors (Lipinski definition) is 4. The number of carbonyl (C=O) groups excluding carboxylic acids is 1. The van der Waals surface area contributed by atoms with Gasteiger partial charge in [0.15, 0.2) is 6.04 Å². The molecule has 2 unspecified atom stereocenters. The van der Waals surface area contributed by atoms with E-state index in [-0.39, 0.29) is 5.92 Å². The number of aliphatic hydroxyl groups is 2. The fraction of sp³-hybridized carbons (Fsp3) is 0.846. The zero-order chi connectivity index (χ0) is 14.8. The van der Waals surface area contributed by atoms with Crippen LogP contribution in [-0.4, -0.2) is 63.6 Å². The Morgan fingerprint density at radius 1 is 1.35 bits per heavy atom. The Balaban J connectivity index is 1.94. The van der Waals surface area contributed by atoms with E-state index < -0.39 is 30.3 Å². The van der Waals surface area contributed by atoms with Gasteiger partial charge in [-0.05, 0) is 19.3 Å². The molecule has 2 rings (SSSR count). The summed E-state index contributed by atoms with van der Waals surface area (Å²) in [5.41, 5.74) is -0.668. The molecular formula is C13H22N2O5. The number of urea groups is 1. The monoisotopic (exact) mass is 286 g/mol. The molecule has 20 heavy (non-hydrogen) atoms. The highest BCUT2D eigenvalue weighted by molar-refractivity contribution is 5.82. The van der Waals surface area contributed by atoms with Crippen LogP contribution in [0.15, 0.2) is 0 Å². The van der Waals surface area contributed by atoms with Gasteiger partial charge in [-0.25, -0.2) is 9.59 Å². The quantitative estimate of drug-likeness (QED) is 0.573. The van der Waals surface area contributed by atoms with Crippen molar-refractivity contribution in [3.63, 3.8) is 0 Å². The average molecular weight is 286 g/mol. The van der Waals surface area contributed by atoms with Crippen LogP contribution >= 0.6 is 0 Å². The van der Waals surface area contributed by atoms with E-state index in [4.69, 9.17) is 10.2 Å². The van der Waals surface area contributed by atoms with Crippen LogP contribution in [0.1, 0.15) is 32.1 Å². The van der Waals surface area contributed by atoms with Crippen LogP contribution in [-0.2, 0) is 4.79 Å². The minimum Gasteiger partial charge on any atom is -0.480 e. The number of carboxylic acid groups (broad SMARTS) is 1. The molecule has 1 aliphatic heterocycles. The molecule has 0 bridgehead atoms. The van der Waals surface area contributed by atoms with Gasteiger partial charge in [0.1, 0.15) is 0 Å². The summed E-state index contributed by atoms with van der Waals surface area (Å²) >= 11 is 0. The number of carboxylic acids is 1. The van der Waals surface area contributed by atoms with Gasteiger partial charge in [-0.2, -0.15) is 0 Å². The first-order chi connectivity index (χ1) is 9.46. The molecule has 4 N–H and O–H groups in total. The van der Waals surface area contributed by atoms with Crippen molar-refractivity contribution in [1.29, 1.82) is 0 Å². The van der Waals surface area contributed by atoms with E-state index >= 15 is 0 Å². The number of carbonyl (C=O) groups is 2. The van der Waals surface area contributed by atoms with Crippen LogP contribution in [0.2, 0.25) is 0 Å². The van der Waals surface area contributed by atoms with E-state index in [1.807, 2.05) is 0 Å². The molecule has 1 saturated carbocycles. The molecular weight excluding hydrogens is 264 g/mol. The highest BCUT2D eigenvalue weighted by Crippen LogP contribution is 2.39. The van der Waals surface area contributed by atoms with Crippen molar-refractivity contribution < 1.29 is 24.9 Å². The first-order valence-corrected chi connectivity index (χ1v) is 7.08. The summed E-state index contributed by atoms with van der Waals surface area (Å²) in [5, 5.41) is 30.5. The summed E-state index contributed by atoms with van der Waals surface area (Å²) in [6.07, 6.45) is 4.27. The number of piperidine rings is 1. The second-order valence-electron chi connectivity index (χ2n) is 5.77. The second-order valence-corrected chi connectivity index (χ2v) is 5.77. The maximum atomic E-state index is 12.0. The lowest BCUT2D eigenvalue weighted by Gasteiger charge is -2.47. The Kier molecular flexibility index (Phi) is 4.49. The fourth-order valence-corrected chi connectivity index (χ4v) is 3.18.